The van der Waals surface area contributed by atoms with Crippen LogP contribution in [0.3, 0.4) is 0 Å². The number of aliphatic hydroxyl groups excluding tert-OH is 1. The maximum Gasteiger partial charge on any atom is 0.224 e. The van der Waals surface area contributed by atoms with Gasteiger partial charge in [0, 0.05) is 12.6 Å². The predicted molar refractivity (Wildman–Crippen MR) is 65.7 cm³/mol. The summed E-state index contributed by atoms with van der Waals surface area (Å²) in [7, 11) is 0. The number of hydrogen-bond donors (Lipinski definition) is 3. The summed E-state index contributed by atoms with van der Waals surface area (Å²) in [5.41, 5.74) is 0.870. The highest BCUT2D eigenvalue weighted by molar-refractivity contribution is 5.78. The van der Waals surface area contributed by atoms with Crippen LogP contribution in [-0.4, -0.2) is 28.8 Å². The topological polar surface area (TPSA) is 69.6 Å². The number of aliphatic hydroxyl groups is 1. The zero-order valence-electron chi connectivity index (χ0n) is 10.0. The van der Waals surface area contributed by atoms with Crippen LogP contribution in [0.15, 0.2) is 24.3 Å². The molecule has 1 aromatic carbocycles. The third-order valence-corrected chi connectivity index (χ3v) is 2.50. The minimum absolute atomic E-state index is 0.0406. The van der Waals surface area contributed by atoms with Crippen molar-refractivity contribution in [1.82, 2.24) is 5.32 Å². The summed E-state index contributed by atoms with van der Waals surface area (Å²) in [5.74, 6) is 0.159. The van der Waals surface area contributed by atoms with Crippen LogP contribution in [0.1, 0.15) is 25.3 Å². The van der Waals surface area contributed by atoms with Gasteiger partial charge in [-0.15, -0.1) is 0 Å². The van der Waals surface area contributed by atoms with Gasteiger partial charge in [-0.1, -0.05) is 12.1 Å². The van der Waals surface area contributed by atoms with E-state index in [0.717, 1.165) is 12.0 Å². The fraction of sp³-hybridized carbons (Fsp3) is 0.462. The molecule has 0 saturated heterocycles. The Bertz CT molecular complexity index is 348. The average Bonchev–Trinajstić information content (AvgIpc) is 2.29. The lowest BCUT2D eigenvalue weighted by molar-refractivity contribution is -0.121. The van der Waals surface area contributed by atoms with Crippen molar-refractivity contribution < 1.29 is 15.0 Å². The summed E-state index contributed by atoms with van der Waals surface area (Å²) in [6.45, 7) is 2.07. The van der Waals surface area contributed by atoms with E-state index < -0.39 is 0 Å². The van der Waals surface area contributed by atoms with Crippen molar-refractivity contribution in [3.63, 3.8) is 0 Å². The first-order chi connectivity index (χ1) is 8.11. The van der Waals surface area contributed by atoms with Crippen LogP contribution in [0, 0.1) is 0 Å². The molecule has 1 rings (SSSR count). The first-order valence-corrected chi connectivity index (χ1v) is 5.80. The number of carbonyl (C=O) groups excluding carboxylic acids is 1. The second kappa shape index (κ2) is 6.91. The van der Waals surface area contributed by atoms with Gasteiger partial charge >= 0.3 is 0 Å². The summed E-state index contributed by atoms with van der Waals surface area (Å²) in [5, 5.41) is 20.6. The van der Waals surface area contributed by atoms with E-state index in [1.54, 1.807) is 24.3 Å². The molecule has 0 heterocycles. The molecule has 1 aromatic rings. The monoisotopic (exact) mass is 237 g/mol. The lowest BCUT2D eigenvalue weighted by Crippen LogP contribution is -2.33. The Labute approximate surface area is 101 Å². The zero-order valence-corrected chi connectivity index (χ0v) is 10.0. The fourth-order valence-corrected chi connectivity index (χ4v) is 1.59. The fourth-order valence-electron chi connectivity index (χ4n) is 1.59. The highest BCUT2D eigenvalue weighted by Gasteiger charge is 2.07. The van der Waals surface area contributed by atoms with Gasteiger partial charge in [0.2, 0.25) is 5.91 Å². The molecule has 0 fully saturated rings. The molecule has 0 saturated carbocycles. The summed E-state index contributed by atoms with van der Waals surface area (Å²) in [6.07, 6.45) is 1.78. The van der Waals surface area contributed by atoms with Gasteiger partial charge in [-0.25, -0.2) is 0 Å². The molecule has 0 bridgehead atoms. The second-order valence-electron chi connectivity index (χ2n) is 4.18. The van der Waals surface area contributed by atoms with Crippen molar-refractivity contribution in [2.24, 2.45) is 0 Å². The number of hydrogen-bond acceptors (Lipinski definition) is 3. The maximum absolute atomic E-state index is 11.6. The molecule has 0 aliphatic heterocycles. The maximum atomic E-state index is 11.6. The molecule has 17 heavy (non-hydrogen) atoms. The molecule has 4 heteroatoms. The van der Waals surface area contributed by atoms with E-state index in [1.807, 2.05) is 6.92 Å². The van der Waals surface area contributed by atoms with Gasteiger partial charge in [-0.3, -0.25) is 4.79 Å². The minimum atomic E-state index is -0.0406. The molecule has 1 atom stereocenters. The molecule has 1 unspecified atom stereocenters. The highest BCUT2D eigenvalue weighted by Crippen LogP contribution is 2.10. The van der Waals surface area contributed by atoms with Gasteiger partial charge in [-0.2, -0.15) is 0 Å². The predicted octanol–water partition coefficient (Wildman–Crippen LogP) is 1.21. The van der Waals surface area contributed by atoms with E-state index >= 15 is 0 Å². The molecule has 0 radical (unpaired) electrons. The number of carbonyl (C=O) groups is 1. The molecule has 1 amide bonds. The van der Waals surface area contributed by atoms with E-state index in [9.17, 15) is 4.79 Å². The summed E-state index contributed by atoms with van der Waals surface area (Å²) in [6, 6.07) is 6.67. The van der Waals surface area contributed by atoms with Crippen molar-refractivity contribution in [2.75, 3.05) is 6.61 Å². The SMILES string of the molecule is CC(CCCO)NC(=O)Cc1ccc(O)cc1. The third kappa shape index (κ3) is 5.36. The lowest BCUT2D eigenvalue weighted by Gasteiger charge is -2.13. The van der Waals surface area contributed by atoms with E-state index in [-0.39, 0.29) is 24.3 Å². The number of aromatic hydroxyl groups is 1. The lowest BCUT2D eigenvalue weighted by atomic mass is 10.1. The zero-order chi connectivity index (χ0) is 12.7. The molecule has 0 aromatic heterocycles. The van der Waals surface area contributed by atoms with Crippen LogP contribution >= 0.6 is 0 Å². The number of amides is 1. The second-order valence-corrected chi connectivity index (χ2v) is 4.18. The summed E-state index contributed by atoms with van der Waals surface area (Å²) < 4.78 is 0. The number of phenolic OH excluding ortho intramolecular Hbond substituents is 1. The van der Waals surface area contributed by atoms with Crippen molar-refractivity contribution in [3.8, 4) is 5.75 Å². The van der Waals surface area contributed by atoms with Gasteiger partial charge in [0.25, 0.3) is 0 Å². The first kappa shape index (κ1) is 13.5. The van der Waals surface area contributed by atoms with E-state index in [1.165, 1.54) is 0 Å². The largest absolute Gasteiger partial charge is 0.508 e. The Balaban J connectivity index is 2.36. The van der Waals surface area contributed by atoms with Gasteiger partial charge in [0.1, 0.15) is 5.75 Å². The van der Waals surface area contributed by atoms with Gasteiger partial charge < -0.3 is 15.5 Å². The molecule has 4 nitrogen and oxygen atoms in total. The molecule has 0 spiro atoms. The van der Waals surface area contributed by atoms with E-state index in [2.05, 4.69) is 5.32 Å². The van der Waals surface area contributed by atoms with E-state index in [0.29, 0.717) is 12.8 Å². The Morgan fingerprint density at radius 1 is 1.35 bits per heavy atom. The Morgan fingerprint density at radius 2 is 2.00 bits per heavy atom. The van der Waals surface area contributed by atoms with Crippen LogP contribution in [0.2, 0.25) is 0 Å². The molecule has 0 aliphatic carbocycles. The number of nitrogens with one attached hydrogen (secondary N) is 1. The van der Waals surface area contributed by atoms with Crippen LogP contribution < -0.4 is 5.32 Å². The van der Waals surface area contributed by atoms with Gasteiger partial charge in [0.05, 0.1) is 6.42 Å². The van der Waals surface area contributed by atoms with Gasteiger partial charge in [-0.05, 0) is 37.5 Å². The number of rotatable bonds is 6. The normalized spacial score (nSPS) is 12.1. The minimum Gasteiger partial charge on any atom is -0.508 e. The standard InChI is InChI=1S/C13H19NO3/c1-10(3-2-8-15)14-13(17)9-11-4-6-12(16)7-5-11/h4-7,10,15-16H,2-3,8-9H2,1H3,(H,14,17). The number of phenols is 1. The summed E-state index contributed by atoms with van der Waals surface area (Å²) in [4.78, 5) is 11.6. The van der Waals surface area contributed by atoms with Crippen molar-refractivity contribution in [3.05, 3.63) is 29.8 Å². The van der Waals surface area contributed by atoms with Crippen LogP contribution in [0.5, 0.6) is 5.75 Å². The Kier molecular flexibility index (Phi) is 5.49. The molecule has 94 valence electrons. The van der Waals surface area contributed by atoms with Crippen LogP contribution in [0.25, 0.3) is 0 Å². The number of benzene rings is 1. The van der Waals surface area contributed by atoms with E-state index in [4.69, 9.17) is 10.2 Å². The quantitative estimate of drug-likeness (QED) is 0.696. The molecular weight excluding hydrogens is 218 g/mol. The van der Waals surface area contributed by atoms with Crippen molar-refractivity contribution >= 4 is 5.91 Å². The average molecular weight is 237 g/mol. The van der Waals surface area contributed by atoms with Crippen LogP contribution in [-0.2, 0) is 11.2 Å². The van der Waals surface area contributed by atoms with Crippen LogP contribution in [0.4, 0.5) is 0 Å². The van der Waals surface area contributed by atoms with Crippen molar-refractivity contribution in [2.45, 2.75) is 32.2 Å². The smallest absolute Gasteiger partial charge is 0.224 e. The highest BCUT2D eigenvalue weighted by atomic mass is 16.3. The third-order valence-electron chi connectivity index (χ3n) is 2.50. The molecular formula is C13H19NO3. The molecule has 0 aliphatic rings. The molecule has 3 N–H and O–H groups in total. The van der Waals surface area contributed by atoms with Crippen molar-refractivity contribution in [1.29, 1.82) is 0 Å². The van der Waals surface area contributed by atoms with Gasteiger partial charge in [0.15, 0.2) is 0 Å². The Morgan fingerprint density at radius 3 is 2.59 bits per heavy atom. The summed E-state index contributed by atoms with van der Waals surface area (Å²) >= 11 is 0. The first-order valence-electron chi connectivity index (χ1n) is 5.80. The Hall–Kier alpha value is -1.55.